The summed E-state index contributed by atoms with van der Waals surface area (Å²) >= 11 is 0. The molecule has 0 aliphatic carbocycles. The number of aliphatic hydroxyl groups excluding tert-OH is 2. The van der Waals surface area contributed by atoms with Gasteiger partial charge in [-0.15, -0.1) is 0 Å². The van der Waals surface area contributed by atoms with Crippen molar-refractivity contribution in [3.05, 3.63) is 0 Å². The van der Waals surface area contributed by atoms with Gasteiger partial charge < -0.3 is 20.1 Å². The summed E-state index contributed by atoms with van der Waals surface area (Å²) in [5.74, 6) is 0. The molecule has 3 unspecified atom stereocenters. The van der Waals surface area contributed by atoms with Gasteiger partial charge in [-0.3, -0.25) is 0 Å². The molecular formula is C8H16O4. The maximum Gasteiger partial charge on any atom is 0.118 e. The first-order valence-corrected chi connectivity index (χ1v) is 4.11. The zero-order valence-electron chi connectivity index (χ0n) is 7.56. The minimum atomic E-state index is -1.48. The predicted molar refractivity (Wildman–Crippen MR) is 42.6 cm³/mol. The normalized spacial score (nSPS) is 55.5. The largest absolute Gasteiger partial charge is 0.387 e. The van der Waals surface area contributed by atoms with Crippen LogP contribution in [0.5, 0.6) is 0 Å². The van der Waals surface area contributed by atoms with Crippen LogP contribution < -0.4 is 0 Å². The second-order valence-corrected chi connectivity index (χ2v) is 3.66. The van der Waals surface area contributed by atoms with Crippen molar-refractivity contribution in [2.45, 2.75) is 50.8 Å². The van der Waals surface area contributed by atoms with Crippen LogP contribution in [0.1, 0.15) is 20.8 Å². The van der Waals surface area contributed by atoms with Gasteiger partial charge in [0.25, 0.3) is 0 Å². The van der Waals surface area contributed by atoms with E-state index in [0.717, 1.165) is 0 Å². The molecule has 3 N–H and O–H groups in total. The summed E-state index contributed by atoms with van der Waals surface area (Å²) in [4.78, 5) is 0. The van der Waals surface area contributed by atoms with Crippen molar-refractivity contribution in [3.63, 3.8) is 0 Å². The van der Waals surface area contributed by atoms with Crippen LogP contribution in [0.25, 0.3) is 0 Å². The highest BCUT2D eigenvalue weighted by molar-refractivity contribution is 4.98. The lowest BCUT2D eigenvalue weighted by Crippen LogP contribution is -2.63. The molecule has 0 amide bonds. The number of hydrogen-bond donors (Lipinski definition) is 3. The number of rotatable bonds is 0. The maximum absolute atomic E-state index is 9.67. The van der Waals surface area contributed by atoms with Crippen molar-refractivity contribution in [1.29, 1.82) is 0 Å². The Morgan fingerprint density at radius 1 is 1.08 bits per heavy atom. The smallest absolute Gasteiger partial charge is 0.118 e. The molecule has 0 bridgehead atoms. The fraction of sp³-hybridized carbons (Fsp3) is 1.00. The van der Waals surface area contributed by atoms with E-state index in [1.165, 1.54) is 6.92 Å². The Balaban J connectivity index is 2.82. The zero-order valence-corrected chi connectivity index (χ0v) is 7.56. The van der Waals surface area contributed by atoms with E-state index in [2.05, 4.69) is 0 Å². The van der Waals surface area contributed by atoms with Gasteiger partial charge in [0.05, 0.1) is 12.2 Å². The summed E-state index contributed by atoms with van der Waals surface area (Å²) in [5, 5.41) is 28.6. The van der Waals surface area contributed by atoms with Crippen molar-refractivity contribution in [2.24, 2.45) is 0 Å². The molecular weight excluding hydrogens is 160 g/mol. The quantitative estimate of drug-likeness (QED) is 0.455. The summed E-state index contributed by atoms with van der Waals surface area (Å²) in [7, 11) is 0. The van der Waals surface area contributed by atoms with Gasteiger partial charge in [0.15, 0.2) is 0 Å². The fourth-order valence-corrected chi connectivity index (χ4v) is 1.61. The van der Waals surface area contributed by atoms with Crippen LogP contribution in [0.3, 0.4) is 0 Å². The monoisotopic (exact) mass is 176 g/mol. The first-order chi connectivity index (χ1) is 5.37. The van der Waals surface area contributed by atoms with E-state index in [-0.39, 0.29) is 0 Å². The van der Waals surface area contributed by atoms with E-state index in [1.807, 2.05) is 0 Å². The lowest BCUT2D eigenvalue weighted by Gasteiger charge is -2.44. The van der Waals surface area contributed by atoms with Gasteiger partial charge in [0.2, 0.25) is 0 Å². The Morgan fingerprint density at radius 3 is 1.75 bits per heavy atom. The fourth-order valence-electron chi connectivity index (χ4n) is 1.61. The summed E-state index contributed by atoms with van der Waals surface area (Å²) in [6.07, 6.45) is -2.97. The molecule has 1 saturated heterocycles. The molecule has 1 aliphatic heterocycles. The molecule has 4 nitrogen and oxygen atoms in total. The topological polar surface area (TPSA) is 69.9 Å². The molecule has 1 heterocycles. The Hall–Kier alpha value is -0.160. The van der Waals surface area contributed by atoms with Crippen molar-refractivity contribution in [3.8, 4) is 0 Å². The Bertz CT molecular complexity index is 152. The number of aliphatic hydroxyl groups is 3. The average molecular weight is 176 g/mol. The van der Waals surface area contributed by atoms with E-state index in [1.54, 1.807) is 13.8 Å². The molecule has 1 rings (SSSR count). The third-order valence-corrected chi connectivity index (χ3v) is 2.52. The molecule has 1 fully saturated rings. The van der Waals surface area contributed by atoms with Crippen molar-refractivity contribution >= 4 is 0 Å². The molecule has 12 heavy (non-hydrogen) atoms. The van der Waals surface area contributed by atoms with E-state index in [0.29, 0.717) is 0 Å². The molecule has 5 atom stereocenters. The first-order valence-electron chi connectivity index (χ1n) is 4.11. The molecule has 0 spiro atoms. The Morgan fingerprint density at radius 2 is 1.42 bits per heavy atom. The van der Waals surface area contributed by atoms with Crippen LogP contribution in [0, 0.1) is 0 Å². The molecule has 0 aromatic heterocycles. The Kier molecular flexibility index (Phi) is 2.45. The van der Waals surface area contributed by atoms with Crippen molar-refractivity contribution in [1.82, 2.24) is 0 Å². The molecule has 1 aliphatic rings. The molecule has 4 heteroatoms. The predicted octanol–water partition coefficient (Wildman–Crippen LogP) is -0.734. The van der Waals surface area contributed by atoms with Gasteiger partial charge >= 0.3 is 0 Å². The minimum absolute atomic E-state index is 0.446. The third-order valence-electron chi connectivity index (χ3n) is 2.52. The Labute approximate surface area is 71.8 Å². The molecule has 0 aromatic carbocycles. The third kappa shape index (κ3) is 1.35. The van der Waals surface area contributed by atoms with Crippen LogP contribution >= 0.6 is 0 Å². The van der Waals surface area contributed by atoms with E-state index >= 15 is 0 Å². The first kappa shape index (κ1) is 9.92. The zero-order chi connectivity index (χ0) is 9.52. The number of ether oxygens (including phenoxy) is 1. The highest BCUT2D eigenvalue weighted by Gasteiger charge is 2.48. The second-order valence-electron chi connectivity index (χ2n) is 3.66. The van der Waals surface area contributed by atoms with Crippen molar-refractivity contribution < 1.29 is 20.1 Å². The van der Waals surface area contributed by atoms with Crippen LogP contribution in [0.2, 0.25) is 0 Å². The second kappa shape index (κ2) is 2.96. The van der Waals surface area contributed by atoms with Gasteiger partial charge in [-0.1, -0.05) is 0 Å². The van der Waals surface area contributed by atoms with Gasteiger partial charge in [0, 0.05) is 0 Å². The van der Waals surface area contributed by atoms with E-state index < -0.39 is 30.0 Å². The molecule has 72 valence electrons. The maximum atomic E-state index is 9.67. The van der Waals surface area contributed by atoms with E-state index in [9.17, 15) is 15.3 Å². The average Bonchev–Trinajstić information content (AvgIpc) is 1.99. The van der Waals surface area contributed by atoms with Crippen LogP contribution in [-0.2, 0) is 4.74 Å². The summed E-state index contributed by atoms with van der Waals surface area (Å²) < 4.78 is 5.19. The molecule has 0 radical (unpaired) electrons. The van der Waals surface area contributed by atoms with Crippen molar-refractivity contribution in [2.75, 3.05) is 0 Å². The molecule has 0 aromatic rings. The lowest BCUT2D eigenvalue weighted by molar-refractivity contribution is -0.255. The number of hydrogen-bond acceptors (Lipinski definition) is 4. The lowest BCUT2D eigenvalue weighted by atomic mass is 9.84. The standard InChI is InChI=1S/C8H16O4/c1-4-6(9)8(3,11)7(10)5(2)12-4/h4-7,9-11H,1-3H3/t4-,5?,6?,7-,8?/m0/s1. The highest BCUT2D eigenvalue weighted by atomic mass is 16.5. The van der Waals surface area contributed by atoms with Crippen LogP contribution in [0.15, 0.2) is 0 Å². The van der Waals surface area contributed by atoms with E-state index in [4.69, 9.17) is 4.74 Å². The van der Waals surface area contributed by atoms with Gasteiger partial charge in [0.1, 0.15) is 17.8 Å². The van der Waals surface area contributed by atoms with Crippen LogP contribution in [0.4, 0.5) is 0 Å². The van der Waals surface area contributed by atoms with Gasteiger partial charge in [-0.25, -0.2) is 0 Å². The SMILES string of the molecule is CC1O[C@@H](C)C(O)C(C)(O)[C@H]1O. The highest BCUT2D eigenvalue weighted by Crippen LogP contribution is 2.28. The summed E-state index contributed by atoms with van der Waals surface area (Å²) in [6.45, 7) is 4.75. The summed E-state index contributed by atoms with van der Waals surface area (Å²) in [6, 6.07) is 0. The minimum Gasteiger partial charge on any atom is -0.387 e. The molecule has 0 saturated carbocycles. The van der Waals surface area contributed by atoms with Gasteiger partial charge in [-0.2, -0.15) is 0 Å². The van der Waals surface area contributed by atoms with Crippen LogP contribution in [-0.4, -0.2) is 45.3 Å². The summed E-state index contributed by atoms with van der Waals surface area (Å²) in [5.41, 5.74) is -1.48. The van der Waals surface area contributed by atoms with Gasteiger partial charge in [-0.05, 0) is 20.8 Å².